The maximum Gasteiger partial charge on any atom is 0.230 e. The quantitative estimate of drug-likeness (QED) is 0.465. The molecule has 0 rings (SSSR count). The Labute approximate surface area is 52.7 Å². The number of carbonyl (C=O) groups excluding carboxylic acids is 2. The van der Waals surface area contributed by atoms with Gasteiger partial charge in [0, 0.05) is 0 Å². The smallest absolute Gasteiger partial charge is 0.230 e. The standard InChI is InChI=1S/C5H9NO3/c1-3(8)4(2-7)5(6)9/h4,7H,2H2,1H3,(H2,6,9). The van der Waals surface area contributed by atoms with Crippen LogP contribution in [0.1, 0.15) is 6.92 Å². The van der Waals surface area contributed by atoms with Crippen molar-refractivity contribution in [3.8, 4) is 0 Å². The number of primary amides is 1. The number of amides is 1. The lowest BCUT2D eigenvalue weighted by Crippen LogP contribution is -2.31. The summed E-state index contributed by atoms with van der Waals surface area (Å²) in [5.41, 5.74) is 4.73. The molecule has 0 fully saturated rings. The van der Waals surface area contributed by atoms with Gasteiger partial charge in [0.05, 0.1) is 6.61 Å². The maximum atomic E-state index is 10.4. The largest absolute Gasteiger partial charge is 0.395 e. The monoisotopic (exact) mass is 131 g/mol. The Bertz CT molecular complexity index is 118. The number of rotatable bonds is 3. The fourth-order valence-corrected chi connectivity index (χ4v) is 0.419. The van der Waals surface area contributed by atoms with Gasteiger partial charge in [-0.15, -0.1) is 0 Å². The molecule has 1 atom stereocenters. The Morgan fingerprint density at radius 1 is 1.67 bits per heavy atom. The molecule has 1 amide bonds. The number of ketones is 1. The molecule has 52 valence electrons. The summed E-state index contributed by atoms with van der Waals surface area (Å²) in [7, 11) is 0. The van der Waals surface area contributed by atoms with Crippen molar-refractivity contribution in [2.45, 2.75) is 6.92 Å². The van der Waals surface area contributed by atoms with Gasteiger partial charge in [-0.05, 0) is 6.92 Å². The van der Waals surface area contributed by atoms with E-state index in [4.69, 9.17) is 10.8 Å². The van der Waals surface area contributed by atoms with E-state index in [0.29, 0.717) is 0 Å². The van der Waals surface area contributed by atoms with E-state index in [1.54, 1.807) is 0 Å². The molecule has 0 aliphatic carbocycles. The highest BCUT2D eigenvalue weighted by molar-refractivity contribution is 5.99. The number of hydrogen-bond donors (Lipinski definition) is 2. The van der Waals surface area contributed by atoms with Crippen molar-refractivity contribution < 1.29 is 14.7 Å². The van der Waals surface area contributed by atoms with Crippen LogP contribution in [0.2, 0.25) is 0 Å². The summed E-state index contributed by atoms with van der Waals surface area (Å²) in [6.45, 7) is 0.719. The zero-order valence-corrected chi connectivity index (χ0v) is 5.13. The molecule has 4 heteroatoms. The number of aliphatic hydroxyl groups excluding tert-OH is 1. The van der Waals surface area contributed by atoms with E-state index in [1.165, 1.54) is 6.92 Å². The summed E-state index contributed by atoms with van der Waals surface area (Å²) in [6.07, 6.45) is 0. The van der Waals surface area contributed by atoms with Gasteiger partial charge < -0.3 is 10.8 Å². The van der Waals surface area contributed by atoms with Crippen LogP contribution in [0.25, 0.3) is 0 Å². The Balaban J connectivity index is 3.99. The van der Waals surface area contributed by atoms with E-state index in [9.17, 15) is 9.59 Å². The van der Waals surface area contributed by atoms with E-state index in [1.807, 2.05) is 0 Å². The first kappa shape index (κ1) is 8.10. The van der Waals surface area contributed by atoms with Gasteiger partial charge in [-0.1, -0.05) is 0 Å². The highest BCUT2D eigenvalue weighted by Crippen LogP contribution is 1.93. The van der Waals surface area contributed by atoms with Crippen LogP contribution in [0.4, 0.5) is 0 Å². The molecule has 9 heavy (non-hydrogen) atoms. The van der Waals surface area contributed by atoms with Gasteiger partial charge >= 0.3 is 0 Å². The molecule has 0 spiro atoms. The Kier molecular flexibility index (Phi) is 2.87. The Morgan fingerprint density at radius 2 is 2.11 bits per heavy atom. The van der Waals surface area contributed by atoms with Crippen LogP contribution in [0.15, 0.2) is 0 Å². The van der Waals surface area contributed by atoms with E-state index >= 15 is 0 Å². The molecule has 0 aromatic rings. The number of Topliss-reactive ketones (excluding diaryl/α,β-unsaturated/α-hetero) is 1. The minimum Gasteiger partial charge on any atom is -0.395 e. The molecular formula is C5H9NO3. The van der Waals surface area contributed by atoms with Crippen molar-refractivity contribution in [2.75, 3.05) is 6.61 Å². The molecule has 0 bridgehead atoms. The molecule has 0 heterocycles. The Morgan fingerprint density at radius 3 is 2.11 bits per heavy atom. The summed E-state index contributed by atoms with van der Waals surface area (Å²) in [6, 6.07) is 0. The number of nitrogens with two attached hydrogens (primary N) is 1. The molecule has 0 radical (unpaired) electrons. The fraction of sp³-hybridized carbons (Fsp3) is 0.600. The van der Waals surface area contributed by atoms with Crippen LogP contribution in [-0.2, 0) is 9.59 Å². The van der Waals surface area contributed by atoms with Crippen molar-refractivity contribution >= 4 is 11.7 Å². The van der Waals surface area contributed by atoms with Gasteiger partial charge in [-0.3, -0.25) is 9.59 Å². The zero-order chi connectivity index (χ0) is 7.44. The first-order valence-electron chi connectivity index (χ1n) is 2.50. The second-order valence-electron chi connectivity index (χ2n) is 1.75. The maximum absolute atomic E-state index is 10.4. The second-order valence-corrected chi connectivity index (χ2v) is 1.75. The fourth-order valence-electron chi connectivity index (χ4n) is 0.419. The topological polar surface area (TPSA) is 80.4 Å². The SMILES string of the molecule is CC(=O)C(CO)C(N)=O. The predicted molar refractivity (Wildman–Crippen MR) is 30.5 cm³/mol. The molecule has 0 aliphatic heterocycles. The molecule has 0 aromatic carbocycles. The average Bonchev–Trinajstić information content (AvgIpc) is 1.64. The van der Waals surface area contributed by atoms with Gasteiger partial charge in [0.25, 0.3) is 0 Å². The van der Waals surface area contributed by atoms with Crippen LogP contribution >= 0.6 is 0 Å². The molecule has 3 N–H and O–H groups in total. The number of hydrogen-bond acceptors (Lipinski definition) is 3. The average molecular weight is 131 g/mol. The lowest BCUT2D eigenvalue weighted by molar-refractivity contribution is -0.132. The predicted octanol–water partition coefficient (Wildman–Crippen LogP) is -1.33. The van der Waals surface area contributed by atoms with Crippen LogP contribution in [-0.4, -0.2) is 23.4 Å². The highest BCUT2D eigenvalue weighted by atomic mass is 16.3. The summed E-state index contributed by atoms with van der Waals surface area (Å²) in [4.78, 5) is 20.6. The molecule has 0 aliphatic rings. The number of carbonyl (C=O) groups is 2. The Hall–Kier alpha value is -0.900. The van der Waals surface area contributed by atoms with Gasteiger partial charge in [0.2, 0.25) is 5.91 Å². The number of aliphatic hydroxyl groups is 1. The van der Waals surface area contributed by atoms with Gasteiger partial charge in [-0.2, -0.15) is 0 Å². The highest BCUT2D eigenvalue weighted by Gasteiger charge is 2.18. The van der Waals surface area contributed by atoms with E-state index < -0.39 is 24.2 Å². The normalized spacial score (nSPS) is 12.7. The summed E-state index contributed by atoms with van der Waals surface area (Å²) >= 11 is 0. The van der Waals surface area contributed by atoms with Crippen LogP contribution in [0, 0.1) is 5.92 Å². The first-order valence-corrected chi connectivity index (χ1v) is 2.50. The third kappa shape index (κ3) is 2.23. The first-order chi connectivity index (χ1) is 4.09. The molecular weight excluding hydrogens is 122 g/mol. The minimum atomic E-state index is -1.02. The third-order valence-corrected chi connectivity index (χ3v) is 1.02. The van der Waals surface area contributed by atoms with Crippen molar-refractivity contribution in [2.24, 2.45) is 11.7 Å². The van der Waals surface area contributed by atoms with E-state index in [2.05, 4.69) is 0 Å². The molecule has 0 saturated heterocycles. The minimum absolute atomic E-state index is 0.398. The van der Waals surface area contributed by atoms with Crippen LogP contribution in [0.3, 0.4) is 0 Å². The third-order valence-electron chi connectivity index (χ3n) is 1.02. The van der Waals surface area contributed by atoms with Gasteiger partial charge in [0.1, 0.15) is 11.7 Å². The lowest BCUT2D eigenvalue weighted by atomic mass is 10.1. The molecule has 1 unspecified atom stereocenters. The summed E-state index contributed by atoms with van der Waals surface area (Å²) in [5, 5.41) is 8.35. The molecule has 0 aromatic heterocycles. The van der Waals surface area contributed by atoms with Gasteiger partial charge in [-0.25, -0.2) is 0 Å². The van der Waals surface area contributed by atoms with Gasteiger partial charge in [0.15, 0.2) is 0 Å². The van der Waals surface area contributed by atoms with Crippen LogP contribution < -0.4 is 5.73 Å². The summed E-state index contributed by atoms with van der Waals surface area (Å²) < 4.78 is 0. The lowest BCUT2D eigenvalue weighted by Gasteiger charge is -2.02. The molecule has 0 saturated carbocycles. The molecule has 4 nitrogen and oxygen atoms in total. The second kappa shape index (κ2) is 3.19. The van der Waals surface area contributed by atoms with Crippen molar-refractivity contribution in [3.05, 3.63) is 0 Å². The van der Waals surface area contributed by atoms with Crippen LogP contribution in [0.5, 0.6) is 0 Å². The zero-order valence-electron chi connectivity index (χ0n) is 5.13. The van der Waals surface area contributed by atoms with E-state index in [-0.39, 0.29) is 0 Å². The van der Waals surface area contributed by atoms with Crippen molar-refractivity contribution in [3.63, 3.8) is 0 Å². The van der Waals surface area contributed by atoms with Crippen molar-refractivity contribution in [1.29, 1.82) is 0 Å². The van der Waals surface area contributed by atoms with Crippen molar-refractivity contribution in [1.82, 2.24) is 0 Å². The van der Waals surface area contributed by atoms with E-state index in [0.717, 1.165) is 0 Å². The summed E-state index contributed by atoms with van der Waals surface area (Å²) in [5.74, 6) is -2.19.